The number of phenolic OH excluding ortho intramolecular Hbond substituents is 2. The molecule has 4 heteroatoms. The number of phenols is 2. The summed E-state index contributed by atoms with van der Waals surface area (Å²) in [5, 5.41) is 41.4. The zero-order valence-electron chi connectivity index (χ0n) is 47.4. The molecule has 6 rings (SSSR count). The first-order chi connectivity index (χ1) is 33.3. The van der Waals surface area contributed by atoms with Gasteiger partial charge in [0, 0.05) is 0 Å². The Morgan fingerprint density at radius 1 is 0.457 bits per heavy atom. The molecule has 3 aromatic carbocycles. The lowest BCUT2D eigenvalue weighted by molar-refractivity contribution is 0.0918. The first-order valence-corrected chi connectivity index (χ1v) is 29.5. The number of rotatable bonds is 21. The predicted molar refractivity (Wildman–Crippen MR) is 302 cm³/mol. The van der Waals surface area contributed by atoms with Crippen LogP contribution in [0.5, 0.6) is 11.5 Å². The first kappa shape index (κ1) is 59.7. The van der Waals surface area contributed by atoms with Gasteiger partial charge in [0.25, 0.3) is 0 Å². The molecule has 0 radical (unpaired) electrons. The molecule has 3 aromatic rings. The van der Waals surface area contributed by atoms with Gasteiger partial charge in [-0.1, -0.05) is 215 Å². The van der Waals surface area contributed by atoms with Crippen molar-refractivity contribution in [3.05, 3.63) is 93.5 Å². The van der Waals surface area contributed by atoms with E-state index in [4.69, 9.17) is 0 Å². The molecule has 396 valence electrons. The largest absolute Gasteiger partial charge is 0.508 e. The average molecular weight is 966 g/mol. The van der Waals surface area contributed by atoms with E-state index in [1.54, 1.807) is 0 Å². The number of benzene rings is 3. The second-order valence-electron chi connectivity index (χ2n) is 24.7. The van der Waals surface area contributed by atoms with E-state index in [0.29, 0.717) is 29.3 Å². The first-order valence-electron chi connectivity index (χ1n) is 29.5. The lowest BCUT2D eigenvalue weighted by Gasteiger charge is -2.35. The molecule has 4 nitrogen and oxygen atoms in total. The Morgan fingerprint density at radius 3 is 1.37 bits per heavy atom. The van der Waals surface area contributed by atoms with E-state index in [1.807, 2.05) is 6.07 Å². The van der Waals surface area contributed by atoms with E-state index in [1.165, 1.54) is 149 Å². The van der Waals surface area contributed by atoms with Crippen molar-refractivity contribution in [2.45, 2.75) is 296 Å². The van der Waals surface area contributed by atoms with E-state index in [2.05, 4.69) is 132 Å². The van der Waals surface area contributed by atoms with Gasteiger partial charge in [-0.05, 0) is 174 Å². The number of aryl methyl sites for hydroxylation is 1. The number of aromatic hydroxyl groups is 2. The van der Waals surface area contributed by atoms with Gasteiger partial charge in [0.2, 0.25) is 0 Å². The summed E-state index contributed by atoms with van der Waals surface area (Å²) in [5.41, 5.74) is 9.76. The highest BCUT2D eigenvalue weighted by Gasteiger charge is 2.33. The fourth-order valence-corrected chi connectivity index (χ4v) is 12.7. The fourth-order valence-electron chi connectivity index (χ4n) is 12.7. The zero-order valence-corrected chi connectivity index (χ0v) is 47.4. The molecule has 0 saturated heterocycles. The summed E-state index contributed by atoms with van der Waals surface area (Å²) in [4.78, 5) is 0. The summed E-state index contributed by atoms with van der Waals surface area (Å²) in [6.07, 6.45) is 30.6. The molecule has 4 N–H and O–H groups in total. The maximum atomic E-state index is 10.7. The highest BCUT2D eigenvalue weighted by molar-refractivity contribution is 5.43. The molecular formula is C66H108O4. The Labute approximate surface area is 431 Å². The van der Waals surface area contributed by atoms with Crippen LogP contribution in [0, 0.1) is 11.8 Å². The Kier molecular flexibility index (Phi) is 24.9. The van der Waals surface area contributed by atoms with E-state index in [-0.39, 0.29) is 34.4 Å². The molecule has 0 heterocycles. The predicted octanol–water partition coefficient (Wildman–Crippen LogP) is 19.0. The summed E-state index contributed by atoms with van der Waals surface area (Å²) in [6, 6.07) is 20.0. The van der Waals surface area contributed by atoms with Gasteiger partial charge in [-0.2, -0.15) is 0 Å². The van der Waals surface area contributed by atoms with Gasteiger partial charge in [-0.15, -0.1) is 0 Å². The van der Waals surface area contributed by atoms with Crippen molar-refractivity contribution in [1.82, 2.24) is 0 Å². The van der Waals surface area contributed by atoms with Crippen LogP contribution in [0.1, 0.15) is 300 Å². The molecule has 3 aliphatic carbocycles. The third-order valence-electron chi connectivity index (χ3n) is 17.9. The topological polar surface area (TPSA) is 80.9 Å². The SMILES string of the molecule is CCCCCC(C)(C)c1ccc(C2CC(O)CCC2CC)c(O)c1.CCCCCC(C)(C)c1ccc(C2CCCC(CC)C2)c(O)c1.CCCCCC(C)(C)c1ccc(C2CCCC(O)C2)c(CC)c1. The van der Waals surface area contributed by atoms with Crippen LogP contribution in [0.3, 0.4) is 0 Å². The highest BCUT2D eigenvalue weighted by Crippen LogP contribution is 2.45. The standard InChI is InChI=1S/C22H36O2.2C22H36O/c1-5-7-8-13-22(3,4)17-10-12-19(21(24)14-17)20-15-18(23)11-9-16(20)6-2;1-5-7-8-14-22(3,4)19-12-13-21(17(6-2)15-19)18-10-9-11-20(23)16-18;1-5-7-8-14-22(3,4)19-12-13-20(21(23)16-19)18-11-9-10-17(6-2)15-18/h10,12,14,16,18,20,23-24H,5-9,11,13,15H2,1-4H3;12-13,15,18,20,23H,5-11,14,16H2,1-4H3;12-13,16-18,23H,5-11,14-15H2,1-4H3. The average Bonchev–Trinajstić information content (AvgIpc) is 3.34. The second-order valence-corrected chi connectivity index (χ2v) is 24.7. The van der Waals surface area contributed by atoms with Gasteiger partial charge < -0.3 is 20.4 Å². The smallest absolute Gasteiger partial charge is 0.119 e. The number of aliphatic hydroxyl groups is 2. The number of unbranched alkanes of at least 4 members (excludes halogenated alkanes) is 6. The van der Waals surface area contributed by atoms with Gasteiger partial charge in [-0.3, -0.25) is 0 Å². The summed E-state index contributed by atoms with van der Waals surface area (Å²) in [6.45, 7) is 27.5. The lowest BCUT2D eigenvalue weighted by atomic mass is 9.72. The quantitative estimate of drug-likeness (QED) is 0.0802. The van der Waals surface area contributed by atoms with Gasteiger partial charge in [0.1, 0.15) is 11.5 Å². The molecule has 0 spiro atoms. The third-order valence-corrected chi connectivity index (χ3v) is 17.9. The van der Waals surface area contributed by atoms with E-state index < -0.39 is 0 Å². The van der Waals surface area contributed by atoms with Crippen molar-refractivity contribution in [1.29, 1.82) is 0 Å². The highest BCUT2D eigenvalue weighted by atomic mass is 16.3. The molecule has 3 aliphatic rings. The minimum atomic E-state index is -0.220. The van der Waals surface area contributed by atoms with Crippen molar-refractivity contribution in [3.8, 4) is 11.5 Å². The van der Waals surface area contributed by atoms with Crippen molar-refractivity contribution < 1.29 is 20.4 Å². The molecule has 0 amide bonds. The van der Waals surface area contributed by atoms with Crippen LogP contribution in [0.25, 0.3) is 0 Å². The third kappa shape index (κ3) is 17.7. The van der Waals surface area contributed by atoms with Crippen LogP contribution >= 0.6 is 0 Å². The maximum absolute atomic E-state index is 10.7. The van der Waals surface area contributed by atoms with Crippen molar-refractivity contribution in [3.63, 3.8) is 0 Å². The molecule has 3 fully saturated rings. The van der Waals surface area contributed by atoms with Gasteiger partial charge in [-0.25, -0.2) is 0 Å². The van der Waals surface area contributed by atoms with E-state index in [0.717, 1.165) is 62.8 Å². The van der Waals surface area contributed by atoms with E-state index in [9.17, 15) is 20.4 Å². The molecule has 7 unspecified atom stereocenters. The van der Waals surface area contributed by atoms with Crippen molar-refractivity contribution in [2.24, 2.45) is 11.8 Å². The van der Waals surface area contributed by atoms with Crippen molar-refractivity contribution in [2.75, 3.05) is 0 Å². The van der Waals surface area contributed by atoms with Crippen LogP contribution in [-0.2, 0) is 22.7 Å². The molecule has 3 saturated carbocycles. The fraction of sp³-hybridized carbons (Fsp3) is 0.727. The summed E-state index contributed by atoms with van der Waals surface area (Å²) in [5.74, 6) is 3.79. The van der Waals surface area contributed by atoms with Crippen LogP contribution < -0.4 is 0 Å². The Balaban J connectivity index is 0.000000228. The molecule has 0 bridgehead atoms. The normalized spacial score (nSPS) is 23.2. The summed E-state index contributed by atoms with van der Waals surface area (Å²) in [7, 11) is 0. The second kappa shape index (κ2) is 29.2. The monoisotopic (exact) mass is 965 g/mol. The molecule has 0 aromatic heterocycles. The van der Waals surface area contributed by atoms with Crippen LogP contribution in [0.4, 0.5) is 0 Å². The lowest BCUT2D eigenvalue weighted by Crippen LogP contribution is -2.26. The molecule has 7 atom stereocenters. The molecular weight excluding hydrogens is 857 g/mol. The number of hydrogen-bond donors (Lipinski definition) is 4. The van der Waals surface area contributed by atoms with Gasteiger partial charge in [0.05, 0.1) is 12.2 Å². The Bertz CT molecular complexity index is 1940. The molecule has 0 aliphatic heterocycles. The van der Waals surface area contributed by atoms with Gasteiger partial charge >= 0.3 is 0 Å². The maximum Gasteiger partial charge on any atom is 0.119 e. The summed E-state index contributed by atoms with van der Waals surface area (Å²) < 4.78 is 0. The minimum Gasteiger partial charge on any atom is -0.508 e. The van der Waals surface area contributed by atoms with E-state index >= 15 is 0 Å². The number of aliphatic hydroxyl groups excluding tert-OH is 2. The van der Waals surface area contributed by atoms with Crippen molar-refractivity contribution >= 4 is 0 Å². The number of hydrogen-bond acceptors (Lipinski definition) is 4. The van der Waals surface area contributed by atoms with Crippen LogP contribution in [0.2, 0.25) is 0 Å². The zero-order chi connectivity index (χ0) is 51.5. The van der Waals surface area contributed by atoms with Crippen LogP contribution in [0.15, 0.2) is 54.6 Å². The van der Waals surface area contributed by atoms with Gasteiger partial charge in [0.15, 0.2) is 0 Å². The summed E-state index contributed by atoms with van der Waals surface area (Å²) >= 11 is 0. The molecule has 70 heavy (non-hydrogen) atoms. The Hall–Kier alpha value is -2.82. The Morgan fingerprint density at radius 2 is 0.914 bits per heavy atom. The van der Waals surface area contributed by atoms with Crippen LogP contribution in [-0.4, -0.2) is 32.6 Å². The minimum absolute atomic E-state index is 0.0939.